The molecule has 31 heavy (non-hydrogen) atoms. The van der Waals surface area contributed by atoms with Gasteiger partial charge in [0.25, 0.3) is 5.91 Å². The predicted molar refractivity (Wildman–Crippen MR) is 119 cm³/mol. The second-order valence-electron chi connectivity index (χ2n) is 7.33. The van der Waals surface area contributed by atoms with Crippen molar-refractivity contribution >= 4 is 28.9 Å². The largest absolute Gasteiger partial charge is 0.398 e. The Balaban J connectivity index is 1.66. The molecular weight excluding hydrogens is 398 g/mol. The summed E-state index contributed by atoms with van der Waals surface area (Å²) in [7, 11) is 0. The zero-order valence-electron chi connectivity index (χ0n) is 16.7. The van der Waals surface area contributed by atoms with Crippen molar-refractivity contribution < 1.29 is 4.79 Å². The monoisotopic (exact) mass is 421 g/mol. The van der Waals surface area contributed by atoms with Gasteiger partial charge in [-0.05, 0) is 18.9 Å². The number of aromatic amines is 1. The van der Waals surface area contributed by atoms with Gasteiger partial charge in [-0.15, -0.1) is 0 Å². The van der Waals surface area contributed by atoms with Crippen molar-refractivity contribution in [1.82, 2.24) is 19.9 Å². The molecule has 160 valence electrons. The lowest BCUT2D eigenvalue weighted by atomic mass is 10.1. The van der Waals surface area contributed by atoms with Crippen molar-refractivity contribution in [3.63, 3.8) is 0 Å². The van der Waals surface area contributed by atoms with E-state index in [2.05, 4.69) is 25.3 Å². The Hall–Kier alpha value is -3.99. The molecule has 1 aliphatic rings. The first-order valence-corrected chi connectivity index (χ1v) is 9.81. The fourth-order valence-electron chi connectivity index (χ4n) is 3.55. The van der Waals surface area contributed by atoms with E-state index >= 15 is 0 Å². The molecule has 4 rings (SSSR count). The van der Waals surface area contributed by atoms with Crippen molar-refractivity contribution in [2.45, 2.75) is 18.9 Å². The summed E-state index contributed by atoms with van der Waals surface area (Å²) < 4.78 is 0. The van der Waals surface area contributed by atoms with Crippen LogP contribution in [-0.2, 0) is 0 Å². The number of nitrogens with two attached hydrogens (primary N) is 3. The molecule has 11 nitrogen and oxygen atoms in total. The van der Waals surface area contributed by atoms with Gasteiger partial charge in [0.1, 0.15) is 5.82 Å². The maximum Gasteiger partial charge on any atom is 0.346 e. The summed E-state index contributed by atoms with van der Waals surface area (Å²) in [6.07, 6.45) is 4.68. The molecule has 1 fully saturated rings. The summed E-state index contributed by atoms with van der Waals surface area (Å²) in [5, 5.41) is 2.68. The van der Waals surface area contributed by atoms with Gasteiger partial charge in [0.2, 0.25) is 0 Å². The van der Waals surface area contributed by atoms with E-state index in [1.165, 1.54) is 12.4 Å². The highest BCUT2D eigenvalue weighted by atomic mass is 16.2. The third-order valence-electron chi connectivity index (χ3n) is 5.08. The predicted octanol–water partition coefficient (Wildman–Crippen LogP) is 0.571. The molecular formula is C20H23N9O2. The van der Waals surface area contributed by atoms with Crippen LogP contribution in [0.2, 0.25) is 0 Å². The summed E-state index contributed by atoms with van der Waals surface area (Å²) in [6.45, 7) is 1.32. The molecule has 0 bridgehead atoms. The van der Waals surface area contributed by atoms with Gasteiger partial charge in [-0.1, -0.05) is 18.2 Å². The Kier molecular flexibility index (Phi) is 5.50. The Morgan fingerprint density at radius 2 is 2.00 bits per heavy atom. The third kappa shape index (κ3) is 4.31. The highest BCUT2D eigenvalue weighted by Crippen LogP contribution is 2.27. The van der Waals surface area contributed by atoms with Crippen LogP contribution < -0.4 is 33.1 Å². The SMILES string of the molecule is Nc1ccccc1-c1cnc(N)c(C(=O)Nc2[nH]c(=O)ncc2N2CCCC(N)C2)n1. The first-order valence-electron chi connectivity index (χ1n) is 9.81. The zero-order chi connectivity index (χ0) is 22.0. The van der Waals surface area contributed by atoms with E-state index in [9.17, 15) is 9.59 Å². The topological polar surface area (TPSA) is 182 Å². The normalized spacial score (nSPS) is 16.2. The molecule has 1 saturated heterocycles. The van der Waals surface area contributed by atoms with Gasteiger partial charge in [0.05, 0.1) is 23.8 Å². The molecule has 3 aromatic rings. The lowest BCUT2D eigenvalue weighted by Gasteiger charge is -2.33. The molecule has 0 spiro atoms. The second kappa shape index (κ2) is 8.40. The van der Waals surface area contributed by atoms with E-state index < -0.39 is 11.6 Å². The summed E-state index contributed by atoms with van der Waals surface area (Å²) in [5.41, 5.74) is 19.4. The highest BCUT2D eigenvalue weighted by molar-refractivity contribution is 6.06. The Bertz CT molecular complexity index is 1180. The van der Waals surface area contributed by atoms with E-state index in [0.29, 0.717) is 29.2 Å². The van der Waals surface area contributed by atoms with Gasteiger partial charge in [-0.25, -0.2) is 14.8 Å². The number of hydrogen-bond donors (Lipinski definition) is 5. The summed E-state index contributed by atoms with van der Waals surface area (Å²) in [4.78, 5) is 41.6. The number of benzene rings is 1. The number of amides is 1. The van der Waals surface area contributed by atoms with Crippen LogP contribution in [-0.4, -0.2) is 45.0 Å². The number of aromatic nitrogens is 4. The molecule has 0 aliphatic carbocycles. The van der Waals surface area contributed by atoms with Crippen LogP contribution in [0.3, 0.4) is 0 Å². The van der Waals surface area contributed by atoms with E-state index in [1.807, 2.05) is 4.90 Å². The number of nitrogens with zero attached hydrogens (tertiary/aromatic N) is 4. The lowest BCUT2D eigenvalue weighted by molar-refractivity contribution is 0.102. The van der Waals surface area contributed by atoms with Crippen LogP contribution >= 0.6 is 0 Å². The summed E-state index contributed by atoms with van der Waals surface area (Å²) >= 11 is 0. The maximum absolute atomic E-state index is 13.0. The zero-order valence-corrected chi connectivity index (χ0v) is 16.7. The molecule has 1 amide bonds. The van der Waals surface area contributed by atoms with Crippen molar-refractivity contribution in [1.29, 1.82) is 0 Å². The molecule has 0 radical (unpaired) electrons. The van der Waals surface area contributed by atoms with Gasteiger partial charge in [0.15, 0.2) is 11.5 Å². The number of nitrogens with one attached hydrogen (secondary N) is 2. The number of H-pyrrole nitrogens is 1. The minimum atomic E-state index is -0.620. The number of carbonyl (C=O) groups is 1. The van der Waals surface area contributed by atoms with Gasteiger partial charge in [-0.3, -0.25) is 9.78 Å². The van der Waals surface area contributed by atoms with Crippen LogP contribution in [0.25, 0.3) is 11.3 Å². The average molecular weight is 421 g/mol. The van der Waals surface area contributed by atoms with Crippen LogP contribution in [0, 0.1) is 0 Å². The fourth-order valence-corrected chi connectivity index (χ4v) is 3.55. The molecule has 1 atom stereocenters. The second-order valence-corrected chi connectivity index (χ2v) is 7.33. The Labute approximate surface area is 177 Å². The molecule has 2 aromatic heterocycles. The van der Waals surface area contributed by atoms with Gasteiger partial charge in [0, 0.05) is 30.4 Å². The van der Waals surface area contributed by atoms with E-state index in [4.69, 9.17) is 17.2 Å². The molecule has 1 aromatic carbocycles. The number of anilines is 4. The van der Waals surface area contributed by atoms with E-state index in [1.54, 1.807) is 24.3 Å². The number of para-hydroxylation sites is 1. The highest BCUT2D eigenvalue weighted by Gasteiger charge is 2.23. The van der Waals surface area contributed by atoms with Gasteiger partial charge in [-0.2, -0.15) is 4.98 Å². The number of hydrogen-bond acceptors (Lipinski definition) is 9. The number of piperidine rings is 1. The van der Waals surface area contributed by atoms with Crippen molar-refractivity contribution in [2.75, 3.05) is 34.8 Å². The first-order chi connectivity index (χ1) is 14.9. The van der Waals surface area contributed by atoms with Crippen LogP contribution in [0.4, 0.5) is 23.0 Å². The number of carbonyl (C=O) groups excluding carboxylic acids is 1. The van der Waals surface area contributed by atoms with E-state index in [-0.39, 0.29) is 23.4 Å². The number of rotatable bonds is 4. The lowest BCUT2D eigenvalue weighted by Crippen LogP contribution is -2.43. The molecule has 11 heteroatoms. The molecule has 1 unspecified atom stereocenters. The van der Waals surface area contributed by atoms with Gasteiger partial charge >= 0.3 is 5.69 Å². The van der Waals surface area contributed by atoms with Crippen molar-refractivity contribution in [3.8, 4) is 11.3 Å². The Morgan fingerprint density at radius 1 is 1.19 bits per heavy atom. The molecule has 3 heterocycles. The quantitative estimate of drug-likeness (QED) is 0.376. The van der Waals surface area contributed by atoms with Gasteiger partial charge < -0.3 is 27.4 Å². The van der Waals surface area contributed by atoms with Crippen LogP contribution in [0.15, 0.2) is 41.5 Å². The van der Waals surface area contributed by atoms with Crippen molar-refractivity contribution in [3.05, 3.63) is 52.8 Å². The molecule has 8 N–H and O–H groups in total. The Morgan fingerprint density at radius 3 is 2.77 bits per heavy atom. The molecule has 1 aliphatic heterocycles. The minimum Gasteiger partial charge on any atom is -0.398 e. The van der Waals surface area contributed by atoms with Crippen molar-refractivity contribution in [2.24, 2.45) is 5.73 Å². The summed E-state index contributed by atoms with van der Waals surface area (Å²) in [6, 6.07) is 7.10. The van der Waals surface area contributed by atoms with Crippen LogP contribution in [0.1, 0.15) is 23.3 Å². The van der Waals surface area contributed by atoms with E-state index in [0.717, 1.165) is 19.4 Å². The standard InChI is InChI=1S/C20H23N9O2/c21-11-4-3-7-29(10-11)15-9-25-20(31)28-18(15)27-19(30)16-17(23)24-8-14(26-16)12-5-1-2-6-13(12)22/h1-2,5-6,8-9,11H,3-4,7,10,21-22H2,(H2,23,24)(H2,25,27,28,30,31). The maximum atomic E-state index is 13.0. The number of nitrogen functional groups attached to an aromatic ring is 2. The fraction of sp³-hybridized carbons (Fsp3) is 0.250. The smallest absolute Gasteiger partial charge is 0.346 e. The summed E-state index contributed by atoms with van der Waals surface area (Å²) in [5.74, 6) is -0.468. The minimum absolute atomic E-state index is 0.00115. The third-order valence-corrected chi connectivity index (χ3v) is 5.08. The first kappa shape index (κ1) is 20.3. The average Bonchev–Trinajstić information content (AvgIpc) is 2.74. The van der Waals surface area contributed by atoms with Crippen LogP contribution in [0.5, 0.6) is 0 Å². The molecule has 0 saturated carbocycles.